The lowest BCUT2D eigenvalue weighted by atomic mass is 9.95. The molecule has 0 amide bonds. The summed E-state index contributed by atoms with van der Waals surface area (Å²) in [4.78, 5) is 8.65. The molecule has 0 spiro atoms. The zero-order chi connectivity index (χ0) is 9.61. The lowest BCUT2D eigenvalue weighted by Crippen LogP contribution is -2.29. The van der Waals surface area contributed by atoms with E-state index in [4.69, 9.17) is 9.42 Å². The first-order valence-electron chi connectivity index (χ1n) is 4.01. The molecule has 0 bridgehead atoms. The van der Waals surface area contributed by atoms with Crippen LogP contribution in [0.1, 0.15) is 33.1 Å². The Balaban J connectivity index is 4.23. The molecular weight excluding hydrogens is 243 g/mol. The summed E-state index contributed by atoms with van der Waals surface area (Å²) in [5.41, 5.74) is -0.425. The maximum absolute atomic E-state index is 10.5. The minimum atomic E-state index is -2.48. The number of hydrogen-bond acceptors (Lipinski definition) is 2. The van der Waals surface area contributed by atoms with Gasteiger partial charge in [0.25, 0.3) is 0 Å². The van der Waals surface area contributed by atoms with Crippen molar-refractivity contribution in [2.24, 2.45) is 0 Å². The molecule has 1 atom stereocenters. The van der Waals surface area contributed by atoms with Gasteiger partial charge in [-0.3, -0.25) is 0 Å². The van der Waals surface area contributed by atoms with Crippen LogP contribution in [-0.4, -0.2) is 15.8 Å². The van der Waals surface area contributed by atoms with Crippen LogP contribution in [-0.2, 0) is 9.09 Å². The van der Waals surface area contributed by atoms with Crippen molar-refractivity contribution in [3.8, 4) is 0 Å². The van der Waals surface area contributed by atoms with Gasteiger partial charge in [0.05, 0.1) is 0 Å². The Labute approximate surface area is 82.6 Å². The van der Waals surface area contributed by atoms with Crippen molar-refractivity contribution in [1.82, 2.24) is 0 Å². The zero-order valence-corrected chi connectivity index (χ0v) is 9.90. The van der Waals surface area contributed by atoms with Crippen molar-refractivity contribution < 1.29 is 14.0 Å². The van der Waals surface area contributed by atoms with E-state index in [2.05, 4.69) is 15.9 Å². The van der Waals surface area contributed by atoms with Crippen LogP contribution in [0.2, 0.25) is 0 Å². The van der Waals surface area contributed by atoms with Gasteiger partial charge in [-0.05, 0) is 19.3 Å². The van der Waals surface area contributed by atoms with Crippen molar-refractivity contribution in [3.05, 3.63) is 0 Å². The summed E-state index contributed by atoms with van der Waals surface area (Å²) in [7, 11) is -2.48. The molecule has 3 nitrogen and oxygen atoms in total. The molecule has 0 aromatic rings. The number of rotatable bonds is 6. The molecule has 1 unspecified atom stereocenters. The van der Waals surface area contributed by atoms with Crippen LogP contribution in [0.3, 0.4) is 0 Å². The number of alkyl halides is 1. The van der Waals surface area contributed by atoms with E-state index >= 15 is 0 Å². The second-order valence-corrected chi connectivity index (χ2v) is 4.11. The molecule has 0 heterocycles. The maximum atomic E-state index is 10.5. The molecular formula is C7H15BrO3P+. The minimum absolute atomic E-state index is 0.425. The number of hydrogen-bond donors (Lipinski definition) is 1. The van der Waals surface area contributed by atoms with Crippen molar-refractivity contribution in [3.63, 3.8) is 0 Å². The summed E-state index contributed by atoms with van der Waals surface area (Å²) in [5.74, 6) is 0. The van der Waals surface area contributed by atoms with Gasteiger partial charge in [0.15, 0.2) is 0 Å². The summed E-state index contributed by atoms with van der Waals surface area (Å²) in [5, 5.41) is 0.790. The van der Waals surface area contributed by atoms with Gasteiger partial charge in [-0.1, -0.05) is 29.8 Å². The van der Waals surface area contributed by atoms with Gasteiger partial charge in [-0.15, -0.1) is 9.42 Å². The second-order valence-electron chi connectivity index (χ2n) is 2.66. The largest absolute Gasteiger partial charge is 0.695 e. The minimum Gasteiger partial charge on any atom is -0.133 e. The SMILES string of the molecule is CCC(CC)(CCBr)O[P+](=O)O. The highest BCUT2D eigenvalue weighted by molar-refractivity contribution is 9.09. The van der Waals surface area contributed by atoms with Crippen molar-refractivity contribution in [2.45, 2.75) is 38.7 Å². The van der Waals surface area contributed by atoms with E-state index in [1.165, 1.54) is 0 Å². The molecule has 0 fully saturated rings. The molecule has 1 N–H and O–H groups in total. The Morgan fingerprint density at radius 3 is 2.25 bits per heavy atom. The molecule has 0 aliphatic carbocycles. The van der Waals surface area contributed by atoms with Crippen LogP contribution in [0.4, 0.5) is 0 Å². The lowest BCUT2D eigenvalue weighted by Gasteiger charge is -2.23. The fraction of sp³-hybridized carbons (Fsp3) is 1.00. The maximum Gasteiger partial charge on any atom is 0.695 e. The van der Waals surface area contributed by atoms with E-state index in [-0.39, 0.29) is 0 Å². The average molecular weight is 258 g/mol. The number of halogens is 1. The molecule has 0 aliphatic rings. The van der Waals surface area contributed by atoms with Gasteiger partial charge in [0, 0.05) is 9.90 Å². The molecule has 5 heteroatoms. The third-order valence-electron chi connectivity index (χ3n) is 2.11. The quantitative estimate of drug-likeness (QED) is 0.588. The fourth-order valence-electron chi connectivity index (χ4n) is 1.12. The smallest absolute Gasteiger partial charge is 0.133 e. The molecule has 0 saturated carbocycles. The van der Waals surface area contributed by atoms with Gasteiger partial charge < -0.3 is 0 Å². The van der Waals surface area contributed by atoms with Gasteiger partial charge in [0.2, 0.25) is 0 Å². The standard InChI is InChI=1S/C7H14BrO3P/c1-3-7(4-2,5-6-8)11-12(9)10/h3-6H2,1-2H3/p+1. The Morgan fingerprint density at radius 1 is 1.50 bits per heavy atom. The fourth-order valence-corrected chi connectivity index (χ4v) is 2.52. The first-order chi connectivity index (χ1) is 5.60. The third kappa shape index (κ3) is 3.94. The van der Waals surface area contributed by atoms with E-state index in [0.717, 1.165) is 24.6 Å². The highest BCUT2D eigenvalue weighted by atomic mass is 79.9. The lowest BCUT2D eigenvalue weighted by molar-refractivity contribution is 0.0541. The Morgan fingerprint density at radius 2 is 2.00 bits per heavy atom. The summed E-state index contributed by atoms with van der Waals surface area (Å²) in [6, 6.07) is 0. The predicted molar refractivity (Wildman–Crippen MR) is 52.6 cm³/mol. The Hall–Kier alpha value is 0.500. The molecule has 0 aromatic heterocycles. The molecule has 12 heavy (non-hydrogen) atoms. The van der Waals surface area contributed by atoms with Gasteiger partial charge in [-0.25, -0.2) is 0 Å². The Bertz CT molecular complexity index is 148. The topological polar surface area (TPSA) is 46.5 Å². The Kier molecular flexibility index (Phi) is 6.28. The molecule has 0 radical (unpaired) electrons. The second kappa shape index (κ2) is 6.03. The first-order valence-corrected chi connectivity index (χ1v) is 6.26. The van der Waals surface area contributed by atoms with Crippen LogP contribution in [0.25, 0.3) is 0 Å². The first kappa shape index (κ1) is 12.5. The van der Waals surface area contributed by atoms with Crippen LogP contribution in [0, 0.1) is 0 Å². The van der Waals surface area contributed by atoms with E-state index in [1.54, 1.807) is 0 Å². The van der Waals surface area contributed by atoms with E-state index in [9.17, 15) is 4.57 Å². The van der Waals surface area contributed by atoms with Gasteiger partial charge in [-0.2, -0.15) is 0 Å². The van der Waals surface area contributed by atoms with Crippen LogP contribution in [0.5, 0.6) is 0 Å². The molecule has 72 valence electrons. The third-order valence-corrected chi connectivity index (χ3v) is 3.05. The summed E-state index contributed by atoms with van der Waals surface area (Å²) in [6.45, 7) is 3.93. The monoisotopic (exact) mass is 257 g/mol. The van der Waals surface area contributed by atoms with Gasteiger partial charge >= 0.3 is 8.25 Å². The van der Waals surface area contributed by atoms with E-state index in [1.807, 2.05) is 13.8 Å². The highest BCUT2D eigenvalue weighted by Gasteiger charge is 2.36. The van der Waals surface area contributed by atoms with Crippen LogP contribution < -0.4 is 0 Å². The van der Waals surface area contributed by atoms with Crippen LogP contribution >= 0.6 is 24.2 Å². The summed E-state index contributed by atoms with van der Waals surface area (Å²) in [6.07, 6.45) is 2.29. The van der Waals surface area contributed by atoms with Crippen molar-refractivity contribution in [2.75, 3.05) is 5.33 Å². The molecule has 0 saturated heterocycles. The van der Waals surface area contributed by atoms with E-state index in [0.29, 0.717) is 0 Å². The average Bonchev–Trinajstić information content (AvgIpc) is 2.03. The van der Waals surface area contributed by atoms with Crippen molar-refractivity contribution in [1.29, 1.82) is 0 Å². The van der Waals surface area contributed by atoms with E-state index < -0.39 is 13.9 Å². The van der Waals surface area contributed by atoms with Gasteiger partial charge in [0.1, 0.15) is 5.60 Å². The van der Waals surface area contributed by atoms with Crippen molar-refractivity contribution >= 4 is 24.2 Å². The van der Waals surface area contributed by atoms with Crippen LogP contribution in [0.15, 0.2) is 0 Å². The predicted octanol–water partition coefficient (Wildman–Crippen LogP) is 3.00. The molecule has 0 aliphatic heterocycles. The molecule has 0 rings (SSSR count). The normalized spacial score (nSPS) is 13.2. The molecule has 0 aromatic carbocycles. The zero-order valence-electron chi connectivity index (χ0n) is 7.42. The summed E-state index contributed by atoms with van der Waals surface area (Å²) < 4.78 is 15.5. The highest BCUT2D eigenvalue weighted by Crippen LogP contribution is 2.34. The summed E-state index contributed by atoms with van der Waals surface area (Å²) >= 11 is 3.30.